The second kappa shape index (κ2) is 8.14. The molecule has 0 aromatic heterocycles. The lowest BCUT2D eigenvalue weighted by Crippen LogP contribution is -2.35. The molecule has 2 aromatic carbocycles. The average Bonchev–Trinajstić information content (AvgIpc) is 2.69. The lowest BCUT2D eigenvalue weighted by molar-refractivity contribution is -0.116. The Labute approximate surface area is 181 Å². The van der Waals surface area contributed by atoms with Crippen molar-refractivity contribution in [1.29, 1.82) is 0 Å². The standard InChI is InChI=1S/C23H19BrF2N2O2/c1-12-20(23(30)28-17-9-8-15(25)11-16(17)26)21(13-4-2-5-14(24)10-13)22-18(27-12)6-3-7-19(22)29/h2,4-5,8-11,21,27H,3,6-7H2,1H3,(H,28,30)/t21-/m1/s1. The molecule has 0 fully saturated rings. The summed E-state index contributed by atoms with van der Waals surface area (Å²) in [4.78, 5) is 26.1. The Hall–Kier alpha value is -2.80. The zero-order valence-electron chi connectivity index (χ0n) is 16.2. The van der Waals surface area contributed by atoms with Crippen LogP contribution in [0.25, 0.3) is 0 Å². The number of allylic oxidation sites excluding steroid dienone is 3. The van der Waals surface area contributed by atoms with Crippen molar-refractivity contribution in [3.05, 3.63) is 86.7 Å². The van der Waals surface area contributed by atoms with Crippen LogP contribution in [0.3, 0.4) is 0 Å². The monoisotopic (exact) mass is 472 g/mol. The van der Waals surface area contributed by atoms with E-state index in [1.54, 1.807) is 6.92 Å². The Morgan fingerprint density at radius 1 is 1.17 bits per heavy atom. The second-order valence-electron chi connectivity index (χ2n) is 7.40. The maximum atomic E-state index is 14.1. The predicted octanol–water partition coefficient (Wildman–Crippen LogP) is 5.33. The van der Waals surface area contributed by atoms with Gasteiger partial charge in [-0.3, -0.25) is 9.59 Å². The minimum atomic E-state index is -0.863. The molecule has 4 rings (SSSR count). The maximum Gasteiger partial charge on any atom is 0.254 e. The fourth-order valence-corrected chi connectivity index (χ4v) is 4.50. The van der Waals surface area contributed by atoms with Crippen molar-refractivity contribution in [3.63, 3.8) is 0 Å². The molecular formula is C23H19BrF2N2O2. The van der Waals surface area contributed by atoms with Gasteiger partial charge in [-0.25, -0.2) is 8.78 Å². The van der Waals surface area contributed by atoms with Crippen LogP contribution in [-0.2, 0) is 9.59 Å². The number of rotatable bonds is 3. The van der Waals surface area contributed by atoms with Crippen molar-refractivity contribution in [2.24, 2.45) is 0 Å². The van der Waals surface area contributed by atoms with Gasteiger partial charge in [-0.15, -0.1) is 0 Å². The summed E-state index contributed by atoms with van der Waals surface area (Å²) < 4.78 is 28.2. The van der Waals surface area contributed by atoms with E-state index in [0.29, 0.717) is 29.3 Å². The third kappa shape index (κ3) is 3.81. The number of Topliss-reactive ketones (excluding diaryl/α,β-unsaturated/α-hetero) is 1. The van der Waals surface area contributed by atoms with Crippen LogP contribution in [0.15, 0.2) is 69.5 Å². The Bertz CT molecular complexity index is 1120. The van der Waals surface area contributed by atoms with E-state index in [9.17, 15) is 18.4 Å². The first kappa shape index (κ1) is 20.5. The Morgan fingerprint density at radius 3 is 2.70 bits per heavy atom. The number of benzene rings is 2. The number of nitrogens with one attached hydrogen (secondary N) is 2. The lowest BCUT2D eigenvalue weighted by Gasteiger charge is -2.34. The highest BCUT2D eigenvalue weighted by atomic mass is 79.9. The first-order valence-corrected chi connectivity index (χ1v) is 10.4. The normalized spacial score (nSPS) is 18.8. The molecule has 0 saturated heterocycles. The molecule has 1 amide bonds. The van der Waals surface area contributed by atoms with Gasteiger partial charge in [-0.2, -0.15) is 0 Å². The average molecular weight is 473 g/mol. The van der Waals surface area contributed by atoms with E-state index in [1.165, 1.54) is 6.07 Å². The number of carbonyl (C=O) groups excluding carboxylic acids is 2. The fraction of sp³-hybridized carbons (Fsp3) is 0.217. The molecule has 0 saturated carbocycles. The van der Waals surface area contributed by atoms with Gasteiger partial charge in [0.2, 0.25) is 0 Å². The number of hydrogen-bond acceptors (Lipinski definition) is 3. The molecule has 1 aliphatic carbocycles. The first-order valence-electron chi connectivity index (χ1n) is 9.61. The summed E-state index contributed by atoms with van der Waals surface area (Å²) >= 11 is 3.46. The highest BCUT2D eigenvalue weighted by molar-refractivity contribution is 9.10. The molecule has 0 spiro atoms. The minimum absolute atomic E-state index is 0.000474. The molecule has 7 heteroatoms. The molecule has 1 aliphatic heterocycles. The largest absolute Gasteiger partial charge is 0.362 e. The molecule has 2 N–H and O–H groups in total. The van der Waals surface area contributed by atoms with Crippen molar-refractivity contribution in [2.75, 3.05) is 5.32 Å². The van der Waals surface area contributed by atoms with E-state index in [2.05, 4.69) is 26.6 Å². The van der Waals surface area contributed by atoms with Gasteiger partial charge in [0.25, 0.3) is 5.91 Å². The summed E-state index contributed by atoms with van der Waals surface area (Å²) in [5, 5.41) is 5.75. The SMILES string of the molecule is CC1=C(C(=O)Nc2ccc(F)cc2F)[C@@H](c2cccc(Br)c2)C2=C(CCCC2=O)N1. The molecule has 0 bridgehead atoms. The minimum Gasteiger partial charge on any atom is -0.362 e. The van der Waals surface area contributed by atoms with Gasteiger partial charge in [-0.1, -0.05) is 28.1 Å². The lowest BCUT2D eigenvalue weighted by atomic mass is 9.75. The van der Waals surface area contributed by atoms with Crippen LogP contribution in [0.1, 0.15) is 37.7 Å². The molecule has 30 heavy (non-hydrogen) atoms. The van der Waals surface area contributed by atoms with Crippen LogP contribution >= 0.6 is 15.9 Å². The van der Waals surface area contributed by atoms with E-state index >= 15 is 0 Å². The quantitative estimate of drug-likeness (QED) is 0.634. The van der Waals surface area contributed by atoms with Crippen LogP contribution in [0.4, 0.5) is 14.5 Å². The zero-order chi connectivity index (χ0) is 21.4. The molecule has 1 atom stereocenters. The van der Waals surface area contributed by atoms with Crippen LogP contribution in [0, 0.1) is 11.6 Å². The van der Waals surface area contributed by atoms with Crippen LogP contribution < -0.4 is 10.6 Å². The van der Waals surface area contributed by atoms with Gasteiger partial charge in [0.15, 0.2) is 5.78 Å². The van der Waals surface area contributed by atoms with Crippen molar-refractivity contribution >= 4 is 33.3 Å². The van der Waals surface area contributed by atoms with Gasteiger partial charge in [0.05, 0.1) is 5.69 Å². The summed E-state index contributed by atoms with van der Waals surface area (Å²) in [6.45, 7) is 1.77. The highest BCUT2D eigenvalue weighted by Gasteiger charge is 2.38. The summed E-state index contributed by atoms with van der Waals surface area (Å²) in [7, 11) is 0. The van der Waals surface area contributed by atoms with E-state index in [0.717, 1.165) is 34.6 Å². The van der Waals surface area contributed by atoms with Crippen molar-refractivity contribution < 1.29 is 18.4 Å². The van der Waals surface area contributed by atoms with Crippen molar-refractivity contribution in [3.8, 4) is 0 Å². The zero-order valence-corrected chi connectivity index (χ0v) is 17.8. The van der Waals surface area contributed by atoms with Gasteiger partial charge >= 0.3 is 0 Å². The van der Waals surface area contributed by atoms with Crippen LogP contribution in [0.2, 0.25) is 0 Å². The van der Waals surface area contributed by atoms with Gasteiger partial charge in [0.1, 0.15) is 11.6 Å². The summed E-state index contributed by atoms with van der Waals surface area (Å²) in [5.41, 5.74) is 3.02. The van der Waals surface area contributed by atoms with E-state index < -0.39 is 23.5 Å². The number of amides is 1. The van der Waals surface area contributed by atoms with Crippen LogP contribution in [-0.4, -0.2) is 11.7 Å². The molecule has 0 unspecified atom stereocenters. The van der Waals surface area contributed by atoms with Crippen LogP contribution in [0.5, 0.6) is 0 Å². The van der Waals surface area contributed by atoms with E-state index in [4.69, 9.17) is 0 Å². The van der Waals surface area contributed by atoms with Gasteiger partial charge < -0.3 is 10.6 Å². The van der Waals surface area contributed by atoms with Gasteiger partial charge in [0, 0.05) is 45.4 Å². The number of hydrogen-bond donors (Lipinski definition) is 2. The highest BCUT2D eigenvalue weighted by Crippen LogP contribution is 2.43. The Balaban J connectivity index is 1.79. The molecule has 1 heterocycles. The number of halogens is 3. The second-order valence-corrected chi connectivity index (χ2v) is 8.31. The van der Waals surface area contributed by atoms with Crippen molar-refractivity contribution in [1.82, 2.24) is 5.32 Å². The van der Waals surface area contributed by atoms with E-state index in [1.807, 2.05) is 24.3 Å². The summed E-state index contributed by atoms with van der Waals surface area (Å²) in [6, 6.07) is 10.4. The third-order valence-corrected chi connectivity index (χ3v) is 5.88. The predicted molar refractivity (Wildman–Crippen MR) is 114 cm³/mol. The topological polar surface area (TPSA) is 58.2 Å². The number of carbonyl (C=O) groups is 2. The fourth-order valence-electron chi connectivity index (χ4n) is 4.08. The first-order chi connectivity index (χ1) is 14.3. The maximum absolute atomic E-state index is 14.1. The molecule has 154 valence electrons. The van der Waals surface area contributed by atoms with Crippen molar-refractivity contribution in [2.45, 2.75) is 32.1 Å². The molecule has 2 aromatic rings. The van der Waals surface area contributed by atoms with Gasteiger partial charge in [-0.05, 0) is 49.6 Å². The Morgan fingerprint density at radius 2 is 1.97 bits per heavy atom. The summed E-state index contributed by atoms with van der Waals surface area (Å²) in [5.74, 6) is -2.71. The third-order valence-electron chi connectivity index (χ3n) is 5.38. The van der Waals surface area contributed by atoms with E-state index in [-0.39, 0.29) is 11.5 Å². The molecular weight excluding hydrogens is 454 g/mol. The number of ketones is 1. The molecule has 4 nitrogen and oxygen atoms in total. The smallest absolute Gasteiger partial charge is 0.254 e. The molecule has 2 aliphatic rings. The molecule has 0 radical (unpaired) electrons. The Kier molecular flexibility index (Phi) is 5.56. The summed E-state index contributed by atoms with van der Waals surface area (Å²) in [6.07, 6.45) is 1.90. The number of dihydropyridines is 1. The number of anilines is 1.